The molecule has 3 heterocycles. The lowest BCUT2D eigenvalue weighted by Gasteiger charge is -2.26. The van der Waals surface area contributed by atoms with Crippen LogP contribution in [-0.4, -0.2) is 64.1 Å². The highest BCUT2D eigenvalue weighted by atomic mass is 32.2. The molecule has 31 heavy (non-hydrogen) atoms. The summed E-state index contributed by atoms with van der Waals surface area (Å²) in [6.07, 6.45) is 0.816. The quantitative estimate of drug-likeness (QED) is 0.417. The number of morpholine rings is 1. The summed E-state index contributed by atoms with van der Waals surface area (Å²) >= 11 is 1.24. The maximum atomic E-state index is 13.1. The van der Waals surface area contributed by atoms with Crippen molar-refractivity contribution in [2.75, 3.05) is 43.9 Å². The second-order valence-corrected chi connectivity index (χ2v) is 8.29. The fraction of sp³-hybridized carbons (Fsp3) is 0.429. The number of aromatic nitrogens is 3. The third-order valence-corrected chi connectivity index (χ3v) is 5.99. The van der Waals surface area contributed by atoms with Gasteiger partial charge in [0.25, 0.3) is 5.56 Å². The molecule has 0 atom stereocenters. The Morgan fingerprint density at radius 2 is 2.03 bits per heavy atom. The summed E-state index contributed by atoms with van der Waals surface area (Å²) < 4.78 is 12.1. The van der Waals surface area contributed by atoms with Gasteiger partial charge in [-0.05, 0) is 25.5 Å². The third-order valence-electron chi connectivity index (χ3n) is 5.01. The number of amides is 1. The standard InChI is InChI=1S/C21H25N5O4S/c1-15-13-19(30-24-15)23-18(27)14-31-21-22-17-6-3-2-5-16(17)20(28)26(21)8-4-7-25-9-11-29-12-10-25/h2-3,5-6,13H,4,7-12,14H2,1H3,(H,23,27). The van der Waals surface area contributed by atoms with Gasteiger partial charge in [0, 0.05) is 32.2 Å². The summed E-state index contributed by atoms with van der Waals surface area (Å²) in [6, 6.07) is 8.94. The van der Waals surface area contributed by atoms with Gasteiger partial charge >= 0.3 is 0 Å². The SMILES string of the molecule is Cc1cc(NC(=O)CSc2nc3ccccc3c(=O)n2CCCN2CCOCC2)on1. The molecular formula is C21H25N5O4S. The fourth-order valence-electron chi connectivity index (χ4n) is 3.46. The van der Waals surface area contributed by atoms with Gasteiger partial charge in [0.05, 0.1) is 35.6 Å². The Kier molecular flexibility index (Phi) is 7.00. The van der Waals surface area contributed by atoms with Crippen molar-refractivity contribution < 1.29 is 14.1 Å². The lowest BCUT2D eigenvalue weighted by Crippen LogP contribution is -2.37. The minimum Gasteiger partial charge on any atom is -0.379 e. The lowest BCUT2D eigenvalue weighted by molar-refractivity contribution is -0.113. The minimum absolute atomic E-state index is 0.0821. The van der Waals surface area contributed by atoms with Gasteiger partial charge in [-0.1, -0.05) is 29.1 Å². The smallest absolute Gasteiger partial charge is 0.262 e. The first kappa shape index (κ1) is 21.5. The number of rotatable bonds is 8. The van der Waals surface area contributed by atoms with E-state index in [1.165, 1.54) is 11.8 Å². The Morgan fingerprint density at radius 1 is 1.23 bits per heavy atom. The van der Waals surface area contributed by atoms with Crippen LogP contribution in [0.2, 0.25) is 0 Å². The predicted octanol–water partition coefficient (Wildman–Crippen LogP) is 2.15. The van der Waals surface area contributed by atoms with Crippen LogP contribution in [0.3, 0.4) is 0 Å². The van der Waals surface area contributed by atoms with E-state index in [0.717, 1.165) is 39.3 Å². The molecule has 0 bridgehead atoms. The number of carbonyl (C=O) groups excluding carboxylic acids is 1. The zero-order valence-corrected chi connectivity index (χ0v) is 18.2. The van der Waals surface area contributed by atoms with E-state index in [-0.39, 0.29) is 17.2 Å². The van der Waals surface area contributed by atoms with Crippen LogP contribution in [0.5, 0.6) is 0 Å². The van der Waals surface area contributed by atoms with Crippen LogP contribution in [0.1, 0.15) is 12.1 Å². The molecule has 1 aliphatic rings. The molecule has 3 aromatic rings. The summed E-state index contributed by atoms with van der Waals surface area (Å²) in [6.45, 7) is 6.53. The van der Waals surface area contributed by atoms with Crippen molar-refractivity contribution in [3.8, 4) is 0 Å². The molecule has 1 aliphatic heterocycles. The van der Waals surface area contributed by atoms with Crippen molar-refractivity contribution in [1.82, 2.24) is 19.6 Å². The number of carbonyl (C=O) groups is 1. The number of hydrogen-bond acceptors (Lipinski definition) is 8. The molecule has 164 valence electrons. The van der Waals surface area contributed by atoms with Crippen molar-refractivity contribution in [2.24, 2.45) is 0 Å². The highest BCUT2D eigenvalue weighted by Gasteiger charge is 2.15. The van der Waals surface area contributed by atoms with E-state index in [1.54, 1.807) is 23.6 Å². The highest BCUT2D eigenvalue weighted by Crippen LogP contribution is 2.19. The average molecular weight is 444 g/mol. The summed E-state index contributed by atoms with van der Waals surface area (Å²) in [5, 5.41) is 7.54. The fourth-order valence-corrected chi connectivity index (χ4v) is 4.28. The van der Waals surface area contributed by atoms with E-state index in [4.69, 9.17) is 9.26 Å². The van der Waals surface area contributed by atoms with Gasteiger partial charge < -0.3 is 9.26 Å². The van der Waals surface area contributed by atoms with Crippen LogP contribution in [0.15, 0.2) is 44.8 Å². The molecule has 1 saturated heterocycles. The topological polar surface area (TPSA) is 102 Å². The molecule has 1 amide bonds. The van der Waals surface area contributed by atoms with Gasteiger partial charge in [-0.15, -0.1) is 0 Å². The van der Waals surface area contributed by atoms with Crippen molar-refractivity contribution in [3.63, 3.8) is 0 Å². The number of aryl methyl sites for hydroxylation is 1. The number of anilines is 1. The van der Waals surface area contributed by atoms with Gasteiger partial charge in [0.1, 0.15) is 0 Å². The molecule has 2 aromatic heterocycles. The molecule has 0 saturated carbocycles. The molecule has 1 fully saturated rings. The van der Waals surface area contributed by atoms with Crippen molar-refractivity contribution >= 4 is 34.5 Å². The Labute approximate surface area is 183 Å². The zero-order valence-electron chi connectivity index (χ0n) is 17.4. The number of nitrogens with zero attached hydrogens (tertiary/aromatic N) is 4. The van der Waals surface area contributed by atoms with E-state index < -0.39 is 0 Å². The second kappa shape index (κ2) is 10.1. The molecule has 1 N–H and O–H groups in total. The molecule has 0 unspecified atom stereocenters. The zero-order chi connectivity index (χ0) is 21.6. The minimum atomic E-state index is -0.247. The third kappa shape index (κ3) is 5.52. The molecule has 0 radical (unpaired) electrons. The Morgan fingerprint density at radius 3 is 2.81 bits per heavy atom. The Balaban J connectivity index is 1.47. The summed E-state index contributed by atoms with van der Waals surface area (Å²) in [5.74, 6) is 0.162. The number of nitrogens with one attached hydrogen (secondary N) is 1. The van der Waals surface area contributed by atoms with Gasteiger partial charge in [-0.2, -0.15) is 0 Å². The first-order chi connectivity index (χ1) is 15.1. The van der Waals surface area contributed by atoms with Crippen LogP contribution >= 0.6 is 11.8 Å². The number of benzene rings is 1. The van der Waals surface area contributed by atoms with Crippen molar-refractivity contribution in [1.29, 1.82) is 0 Å². The van der Waals surface area contributed by atoms with Crippen molar-refractivity contribution in [3.05, 3.63) is 46.4 Å². The number of ether oxygens (including phenoxy) is 1. The number of para-hydroxylation sites is 1. The van der Waals surface area contributed by atoms with Crippen LogP contribution < -0.4 is 10.9 Å². The molecule has 10 heteroatoms. The molecule has 1 aromatic carbocycles. The van der Waals surface area contributed by atoms with E-state index in [1.807, 2.05) is 18.2 Å². The maximum absolute atomic E-state index is 13.1. The van der Waals surface area contributed by atoms with Crippen LogP contribution in [0.4, 0.5) is 5.88 Å². The van der Waals surface area contributed by atoms with Gasteiger partial charge in [0.15, 0.2) is 5.16 Å². The van der Waals surface area contributed by atoms with Gasteiger partial charge in [-0.3, -0.25) is 24.4 Å². The average Bonchev–Trinajstić information content (AvgIpc) is 3.19. The predicted molar refractivity (Wildman–Crippen MR) is 118 cm³/mol. The van der Waals surface area contributed by atoms with E-state index >= 15 is 0 Å². The van der Waals surface area contributed by atoms with E-state index in [0.29, 0.717) is 34.2 Å². The molecule has 9 nitrogen and oxygen atoms in total. The Hall–Kier alpha value is -2.69. The van der Waals surface area contributed by atoms with E-state index in [2.05, 4.69) is 20.4 Å². The van der Waals surface area contributed by atoms with Gasteiger partial charge in [-0.25, -0.2) is 4.98 Å². The Bertz CT molecular complexity index is 1110. The normalized spacial score (nSPS) is 14.7. The summed E-state index contributed by atoms with van der Waals surface area (Å²) in [5.41, 5.74) is 1.24. The largest absolute Gasteiger partial charge is 0.379 e. The van der Waals surface area contributed by atoms with Crippen LogP contribution in [-0.2, 0) is 16.1 Å². The van der Waals surface area contributed by atoms with Crippen molar-refractivity contribution in [2.45, 2.75) is 25.0 Å². The number of fused-ring (bicyclic) bond motifs is 1. The summed E-state index contributed by atoms with van der Waals surface area (Å²) in [7, 11) is 0. The monoisotopic (exact) mass is 443 g/mol. The lowest BCUT2D eigenvalue weighted by atomic mass is 10.2. The van der Waals surface area contributed by atoms with Gasteiger partial charge in [0.2, 0.25) is 11.8 Å². The number of hydrogen-bond donors (Lipinski definition) is 1. The van der Waals surface area contributed by atoms with Crippen LogP contribution in [0.25, 0.3) is 10.9 Å². The molecule has 0 aliphatic carbocycles. The first-order valence-electron chi connectivity index (χ1n) is 10.3. The molecule has 4 rings (SSSR count). The maximum Gasteiger partial charge on any atom is 0.262 e. The first-order valence-corrected chi connectivity index (χ1v) is 11.2. The highest BCUT2D eigenvalue weighted by molar-refractivity contribution is 7.99. The summed E-state index contributed by atoms with van der Waals surface area (Å²) in [4.78, 5) is 32.4. The van der Waals surface area contributed by atoms with E-state index in [9.17, 15) is 9.59 Å². The van der Waals surface area contributed by atoms with Crippen LogP contribution in [0, 0.1) is 6.92 Å². The molecule has 0 spiro atoms. The molecular weight excluding hydrogens is 418 g/mol. The second-order valence-electron chi connectivity index (χ2n) is 7.35. The number of thioether (sulfide) groups is 1.